The molecule has 0 amide bonds. The van der Waals surface area contributed by atoms with Crippen LogP contribution in [0.2, 0.25) is 5.02 Å². The number of H-pyrrole nitrogens is 1. The maximum atomic E-state index is 13.5. The number of nitrogens with zero attached hydrogens (tertiary/aromatic N) is 2. The fourth-order valence-electron chi connectivity index (χ4n) is 5.12. The second kappa shape index (κ2) is 11.6. The average molecular weight is 522 g/mol. The van der Waals surface area contributed by atoms with Crippen molar-refractivity contribution >= 4 is 11.6 Å². The number of aromatic amines is 1. The van der Waals surface area contributed by atoms with Gasteiger partial charge in [-0.05, 0) is 81.4 Å². The molecule has 1 fully saturated rings. The minimum atomic E-state index is -0.912. The van der Waals surface area contributed by atoms with Gasteiger partial charge in [-0.3, -0.25) is 19.5 Å². The van der Waals surface area contributed by atoms with Crippen molar-refractivity contribution in [3.8, 4) is 5.75 Å². The molecule has 1 aliphatic rings. The van der Waals surface area contributed by atoms with Crippen molar-refractivity contribution in [1.82, 2.24) is 14.7 Å². The fourth-order valence-corrected chi connectivity index (χ4v) is 5.43. The number of hydrogen-bond acceptors (Lipinski definition) is 3. The molecule has 9 heteroatoms. The Morgan fingerprint density at radius 1 is 1.08 bits per heavy atom. The quantitative estimate of drug-likeness (QED) is 0.394. The van der Waals surface area contributed by atoms with E-state index in [2.05, 4.69) is 16.9 Å². The van der Waals surface area contributed by atoms with E-state index in [1.807, 2.05) is 0 Å². The van der Waals surface area contributed by atoms with Gasteiger partial charge in [-0.1, -0.05) is 23.7 Å². The van der Waals surface area contributed by atoms with E-state index in [1.165, 1.54) is 18.2 Å². The molecule has 0 bridgehead atoms. The van der Waals surface area contributed by atoms with Crippen molar-refractivity contribution in [3.63, 3.8) is 0 Å². The van der Waals surface area contributed by atoms with E-state index >= 15 is 0 Å². The summed E-state index contributed by atoms with van der Waals surface area (Å²) in [5.74, 6) is -1.36. The lowest BCUT2D eigenvalue weighted by atomic mass is 9.86. The Bertz CT molecular complexity index is 1220. The van der Waals surface area contributed by atoms with Gasteiger partial charge in [-0.2, -0.15) is 0 Å². The second-order valence-electron chi connectivity index (χ2n) is 9.57. The summed E-state index contributed by atoms with van der Waals surface area (Å²) in [6, 6.07) is 10.1. The number of hydrogen-bond donors (Lipinski definition) is 1. The van der Waals surface area contributed by atoms with Crippen molar-refractivity contribution < 1.29 is 17.9 Å². The molecule has 3 aromatic rings. The third-order valence-electron chi connectivity index (χ3n) is 7.27. The van der Waals surface area contributed by atoms with Gasteiger partial charge in [-0.15, -0.1) is 0 Å². The maximum Gasteiger partial charge on any atom is 0.283 e. The van der Waals surface area contributed by atoms with Crippen LogP contribution >= 0.6 is 11.6 Å². The highest BCUT2D eigenvalue weighted by Crippen LogP contribution is 2.33. The molecule has 0 radical (unpaired) electrons. The minimum Gasteiger partial charge on any atom is -0.493 e. The lowest BCUT2D eigenvalue weighted by molar-refractivity contribution is 0.112. The first kappa shape index (κ1) is 26.4. The fraction of sp³-hybridized carbons (Fsp3) is 0.444. The number of aryl methyl sites for hydroxylation is 1. The molecule has 36 heavy (non-hydrogen) atoms. The van der Waals surface area contributed by atoms with Gasteiger partial charge in [0.15, 0.2) is 11.6 Å². The molecule has 2 atom stereocenters. The van der Waals surface area contributed by atoms with Gasteiger partial charge in [-0.25, -0.2) is 13.2 Å². The molecule has 0 spiro atoms. The van der Waals surface area contributed by atoms with E-state index in [9.17, 15) is 18.0 Å². The SMILES string of the molecule is CC(C(Cc1ccc(F)cc1)c1c(Cl)c(=O)[nH]n1C)N1CCC(CCOc2ccc(F)c(F)c2)CC1. The second-order valence-corrected chi connectivity index (χ2v) is 9.95. The van der Waals surface area contributed by atoms with Gasteiger partial charge >= 0.3 is 0 Å². The molecule has 4 rings (SSSR count). The third kappa shape index (κ3) is 6.16. The first-order valence-electron chi connectivity index (χ1n) is 12.2. The molecule has 1 aromatic heterocycles. The molecule has 1 aliphatic heterocycles. The summed E-state index contributed by atoms with van der Waals surface area (Å²) in [6.45, 7) is 4.36. The van der Waals surface area contributed by atoms with E-state index < -0.39 is 11.6 Å². The standard InChI is InChI=1S/C27H31ClF3N3O2/c1-17(22(15-19-3-5-20(29)6-4-19)26-25(28)27(35)32-33(26)2)34-12-9-18(10-13-34)11-14-36-21-7-8-23(30)24(31)16-21/h3-8,16-18,22H,9-15H2,1-2H3,(H,32,35). The molecular formula is C27H31ClF3N3O2. The number of aromatic nitrogens is 2. The minimum absolute atomic E-state index is 0.0693. The normalized spacial score (nSPS) is 16.7. The summed E-state index contributed by atoms with van der Waals surface area (Å²) in [5, 5.41) is 2.95. The maximum absolute atomic E-state index is 13.5. The van der Waals surface area contributed by atoms with Gasteiger partial charge in [0.25, 0.3) is 5.56 Å². The zero-order valence-corrected chi connectivity index (χ0v) is 21.2. The highest BCUT2D eigenvalue weighted by atomic mass is 35.5. The average Bonchev–Trinajstić information content (AvgIpc) is 3.12. The van der Waals surface area contributed by atoms with Gasteiger partial charge < -0.3 is 4.74 Å². The largest absolute Gasteiger partial charge is 0.493 e. The van der Waals surface area contributed by atoms with Crippen molar-refractivity contribution in [3.05, 3.63) is 86.6 Å². The topological polar surface area (TPSA) is 50.3 Å². The van der Waals surface area contributed by atoms with Crippen LogP contribution in [-0.2, 0) is 13.5 Å². The number of benzene rings is 2. The molecule has 2 heterocycles. The summed E-state index contributed by atoms with van der Waals surface area (Å²) in [4.78, 5) is 14.6. The monoisotopic (exact) mass is 521 g/mol. The highest BCUT2D eigenvalue weighted by Gasteiger charge is 2.32. The van der Waals surface area contributed by atoms with E-state index in [-0.39, 0.29) is 28.4 Å². The Morgan fingerprint density at radius 3 is 2.39 bits per heavy atom. The molecular weight excluding hydrogens is 491 g/mol. The van der Waals surface area contributed by atoms with Crippen LogP contribution < -0.4 is 10.3 Å². The Kier molecular flexibility index (Phi) is 8.46. The van der Waals surface area contributed by atoms with Crippen LogP contribution in [0.15, 0.2) is 47.3 Å². The molecule has 0 aliphatic carbocycles. The summed E-state index contributed by atoms with van der Waals surface area (Å²) in [5.41, 5.74) is 1.41. The van der Waals surface area contributed by atoms with Crippen LogP contribution in [0.3, 0.4) is 0 Å². The predicted molar refractivity (Wildman–Crippen MR) is 134 cm³/mol. The van der Waals surface area contributed by atoms with Gasteiger partial charge in [0.05, 0.1) is 12.3 Å². The van der Waals surface area contributed by atoms with Gasteiger partial charge in [0.2, 0.25) is 0 Å². The number of ether oxygens (including phenoxy) is 1. The lowest BCUT2D eigenvalue weighted by Gasteiger charge is -2.39. The number of nitrogens with one attached hydrogen (secondary N) is 1. The lowest BCUT2D eigenvalue weighted by Crippen LogP contribution is -2.44. The molecule has 194 valence electrons. The van der Waals surface area contributed by atoms with E-state index in [1.54, 1.807) is 23.9 Å². The van der Waals surface area contributed by atoms with Gasteiger partial charge in [0.1, 0.15) is 16.6 Å². The van der Waals surface area contributed by atoms with Crippen LogP contribution in [-0.4, -0.2) is 40.4 Å². The number of likely N-dealkylation sites (tertiary alicyclic amines) is 1. The van der Waals surface area contributed by atoms with Crippen LogP contribution in [0.1, 0.15) is 43.4 Å². The molecule has 1 N–H and O–H groups in total. The Labute approximate surface area is 213 Å². The first-order chi connectivity index (χ1) is 17.2. The smallest absolute Gasteiger partial charge is 0.283 e. The van der Waals surface area contributed by atoms with E-state index in [0.29, 0.717) is 24.7 Å². The van der Waals surface area contributed by atoms with Crippen LogP contribution in [0.5, 0.6) is 5.75 Å². The van der Waals surface area contributed by atoms with E-state index in [4.69, 9.17) is 16.3 Å². The van der Waals surface area contributed by atoms with Crippen LogP contribution in [0.4, 0.5) is 13.2 Å². The summed E-state index contributed by atoms with van der Waals surface area (Å²) < 4.78 is 47.2. The zero-order chi connectivity index (χ0) is 25.8. The Morgan fingerprint density at radius 2 is 1.78 bits per heavy atom. The first-order valence-corrected chi connectivity index (χ1v) is 12.6. The van der Waals surface area contributed by atoms with Gasteiger partial charge in [0, 0.05) is 25.1 Å². The van der Waals surface area contributed by atoms with Crippen LogP contribution in [0.25, 0.3) is 0 Å². The van der Waals surface area contributed by atoms with E-state index in [0.717, 1.165) is 55.7 Å². The predicted octanol–water partition coefficient (Wildman–Crippen LogP) is 5.68. The summed E-state index contributed by atoms with van der Waals surface area (Å²) in [7, 11) is 1.78. The molecule has 5 nitrogen and oxygen atoms in total. The molecule has 2 aromatic carbocycles. The molecule has 2 unspecified atom stereocenters. The molecule has 0 saturated carbocycles. The Balaban J connectivity index is 1.38. The summed E-state index contributed by atoms with van der Waals surface area (Å²) >= 11 is 6.43. The van der Waals surface area contributed by atoms with Crippen molar-refractivity contribution in [2.75, 3.05) is 19.7 Å². The third-order valence-corrected chi connectivity index (χ3v) is 7.63. The van der Waals surface area contributed by atoms with Crippen molar-refractivity contribution in [2.45, 2.75) is 44.6 Å². The zero-order valence-electron chi connectivity index (χ0n) is 20.4. The number of halogens is 4. The van der Waals surface area contributed by atoms with Crippen LogP contribution in [0, 0.1) is 23.4 Å². The molecule has 1 saturated heterocycles. The highest BCUT2D eigenvalue weighted by molar-refractivity contribution is 6.31. The number of piperidine rings is 1. The van der Waals surface area contributed by atoms with Crippen molar-refractivity contribution in [2.24, 2.45) is 13.0 Å². The van der Waals surface area contributed by atoms with Crippen molar-refractivity contribution in [1.29, 1.82) is 0 Å². The number of rotatable bonds is 9. The Hall–Kier alpha value is -2.71. The summed E-state index contributed by atoms with van der Waals surface area (Å²) in [6.07, 6.45) is 3.41.